The number of carbonyl (C=O) groups excluding carboxylic acids is 1. The molecule has 1 fully saturated rings. The summed E-state index contributed by atoms with van der Waals surface area (Å²) in [6.45, 7) is 0.245. The molecule has 1 aliphatic carbocycles. The van der Waals surface area contributed by atoms with Crippen LogP contribution in [0.15, 0.2) is 53.1 Å². The first-order chi connectivity index (χ1) is 17.8. The van der Waals surface area contributed by atoms with E-state index < -0.39 is 35.5 Å². The largest absolute Gasteiger partial charge is 0.416 e. The van der Waals surface area contributed by atoms with Crippen LogP contribution in [0, 0.1) is 0 Å². The van der Waals surface area contributed by atoms with E-state index in [4.69, 9.17) is 10.3 Å². The SMILES string of the molecule is NC(=O)c1noc(-c2ccc(C(F)(F)F)cc2)c1CN(Cc1ccc(C(F)(F)F)cc1)C1CCC(O)CC1. The van der Waals surface area contributed by atoms with E-state index in [9.17, 15) is 36.2 Å². The van der Waals surface area contributed by atoms with Gasteiger partial charge in [0.2, 0.25) is 0 Å². The molecule has 0 unspecified atom stereocenters. The average molecular weight is 541 g/mol. The number of primary amides is 1. The predicted molar refractivity (Wildman–Crippen MR) is 124 cm³/mol. The molecule has 0 bridgehead atoms. The van der Waals surface area contributed by atoms with Crippen molar-refractivity contribution in [3.63, 3.8) is 0 Å². The van der Waals surface area contributed by atoms with Crippen LogP contribution in [0.5, 0.6) is 0 Å². The number of alkyl halides is 6. The Labute approximate surface area is 214 Å². The monoisotopic (exact) mass is 541 g/mol. The van der Waals surface area contributed by atoms with Gasteiger partial charge in [0.05, 0.1) is 17.2 Å². The zero-order valence-corrected chi connectivity index (χ0v) is 20.0. The Hall–Kier alpha value is -3.38. The van der Waals surface area contributed by atoms with Crippen LogP contribution in [0.1, 0.15) is 58.4 Å². The van der Waals surface area contributed by atoms with Gasteiger partial charge in [-0.3, -0.25) is 9.69 Å². The molecule has 204 valence electrons. The molecule has 4 rings (SSSR count). The van der Waals surface area contributed by atoms with Crippen molar-refractivity contribution in [1.29, 1.82) is 0 Å². The van der Waals surface area contributed by atoms with Crippen molar-refractivity contribution in [3.05, 3.63) is 76.5 Å². The molecule has 3 N–H and O–H groups in total. The Balaban J connectivity index is 1.68. The van der Waals surface area contributed by atoms with Gasteiger partial charge < -0.3 is 15.4 Å². The highest BCUT2D eigenvalue weighted by molar-refractivity contribution is 5.93. The molecule has 1 aliphatic rings. The lowest BCUT2D eigenvalue weighted by Crippen LogP contribution is -2.38. The van der Waals surface area contributed by atoms with E-state index in [-0.39, 0.29) is 41.7 Å². The maximum atomic E-state index is 13.0. The second-order valence-corrected chi connectivity index (χ2v) is 9.34. The fourth-order valence-electron chi connectivity index (χ4n) is 4.66. The molecule has 0 aliphatic heterocycles. The van der Waals surface area contributed by atoms with Gasteiger partial charge in [0, 0.05) is 30.3 Å². The fourth-order valence-corrected chi connectivity index (χ4v) is 4.66. The second kappa shape index (κ2) is 10.8. The van der Waals surface area contributed by atoms with Gasteiger partial charge in [-0.15, -0.1) is 0 Å². The summed E-state index contributed by atoms with van der Waals surface area (Å²) in [5.41, 5.74) is 4.76. The summed E-state index contributed by atoms with van der Waals surface area (Å²) in [7, 11) is 0. The molecule has 1 saturated carbocycles. The van der Waals surface area contributed by atoms with E-state index in [0.717, 1.165) is 24.3 Å². The molecule has 0 radical (unpaired) electrons. The second-order valence-electron chi connectivity index (χ2n) is 9.34. The van der Waals surface area contributed by atoms with E-state index in [1.807, 2.05) is 4.90 Å². The van der Waals surface area contributed by atoms with Gasteiger partial charge in [-0.1, -0.05) is 29.4 Å². The van der Waals surface area contributed by atoms with Crippen LogP contribution >= 0.6 is 0 Å². The third-order valence-corrected chi connectivity index (χ3v) is 6.71. The molecule has 0 saturated heterocycles. The number of carbonyl (C=O) groups is 1. The molecule has 12 heteroatoms. The molecular formula is C26H25F6N3O3. The molecule has 1 amide bonds. The number of amides is 1. The number of hydrogen-bond donors (Lipinski definition) is 2. The summed E-state index contributed by atoms with van der Waals surface area (Å²) in [5.74, 6) is -0.823. The lowest BCUT2D eigenvalue weighted by Gasteiger charge is -2.36. The maximum Gasteiger partial charge on any atom is 0.416 e. The number of halogens is 6. The highest BCUT2D eigenvalue weighted by atomic mass is 19.4. The van der Waals surface area contributed by atoms with Crippen molar-refractivity contribution < 1.29 is 40.8 Å². The maximum absolute atomic E-state index is 13.0. The van der Waals surface area contributed by atoms with Crippen LogP contribution in [-0.4, -0.2) is 33.2 Å². The normalized spacial score (nSPS) is 18.6. The first kappa shape index (κ1) is 27.6. The lowest BCUT2D eigenvalue weighted by molar-refractivity contribution is -0.138. The van der Waals surface area contributed by atoms with E-state index >= 15 is 0 Å². The summed E-state index contributed by atoms with van der Waals surface area (Å²) in [6.07, 6.45) is -7.25. The number of aliphatic hydroxyl groups excluding tert-OH is 1. The number of aliphatic hydroxyl groups is 1. The van der Waals surface area contributed by atoms with Crippen LogP contribution in [0.3, 0.4) is 0 Å². The average Bonchev–Trinajstić information content (AvgIpc) is 3.27. The summed E-state index contributed by atoms with van der Waals surface area (Å²) in [4.78, 5) is 14.1. The number of nitrogens with two attached hydrogens (primary N) is 1. The topological polar surface area (TPSA) is 92.6 Å². The minimum Gasteiger partial charge on any atom is -0.393 e. The molecule has 6 nitrogen and oxygen atoms in total. The zero-order chi connectivity index (χ0) is 27.7. The Morgan fingerprint density at radius 3 is 1.92 bits per heavy atom. The van der Waals surface area contributed by atoms with Crippen molar-refractivity contribution >= 4 is 5.91 Å². The molecule has 1 heterocycles. The van der Waals surface area contributed by atoms with E-state index in [2.05, 4.69) is 5.16 Å². The molecule has 38 heavy (non-hydrogen) atoms. The lowest BCUT2D eigenvalue weighted by atomic mass is 9.91. The Bertz CT molecular complexity index is 1250. The van der Waals surface area contributed by atoms with E-state index in [1.165, 1.54) is 24.3 Å². The van der Waals surface area contributed by atoms with Gasteiger partial charge in [-0.05, 0) is 55.5 Å². The minimum atomic E-state index is -4.54. The quantitative estimate of drug-likeness (QED) is 0.370. The van der Waals surface area contributed by atoms with Gasteiger partial charge in [-0.2, -0.15) is 26.3 Å². The fraction of sp³-hybridized carbons (Fsp3) is 0.385. The first-order valence-corrected chi connectivity index (χ1v) is 11.9. The smallest absolute Gasteiger partial charge is 0.393 e. The molecule has 2 aromatic carbocycles. The van der Waals surface area contributed by atoms with Crippen molar-refractivity contribution in [2.24, 2.45) is 5.73 Å². The van der Waals surface area contributed by atoms with Crippen molar-refractivity contribution in [2.75, 3.05) is 0 Å². The van der Waals surface area contributed by atoms with Gasteiger partial charge in [0.25, 0.3) is 5.91 Å². The van der Waals surface area contributed by atoms with E-state index in [1.54, 1.807) is 0 Å². The zero-order valence-electron chi connectivity index (χ0n) is 20.0. The van der Waals surface area contributed by atoms with Crippen LogP contribution in [0.4, 0.5) is 26.3 Å². The highest BCUT2D eigenvalue weighted by Crippen LogP contribution is 2.35. The number of hydrogen-bond acceptors (Lipinski definition) is 5. The number of aromatic nitrogens is 1. The highest BCUT2D eigenvalue weighted by Gasteiger charge is 2.33. The molecule has 3 aromatic rings. The Morgan fingerprint density at radius 1 is 0.895 bits per heavy atom. The molecule has 1 aromatic heterocycles. The summed E-state index contributed by atoms with van der Waals surface area (Å²) >= 11 is 0. The minimum absolute atomic E-state index is 0.0416. The molecule has 0 atom stereocenters. The van der Waals surface area contributed by atoms with Crippen molar-refractivity contribution in [1.82, 2.24) is 10.1 Å². The van der Waals surface area contributed by atoms with Crippen LogP contribution in [-0.2, 0) is 25.4 Å². The summed E-state index contributed by atoms with van der Waals surface area (Å²) in [6, 6.07) is 8.78. The van der Waals surface area contributed by atoms with Crippen LogP contribution in [0.25, 0.3) is 11.3 Å². The number of nitrogens with zero attached hydrogens (tertiary/aromatic N) is 2. The summed E-state index contributed by atoms with van der Waals surface area (Å²) in [5, 5.41) is 13.7. The molecule has 0 spiro atoms. The van der Waals surface area contributed by atoms with Gasteiger partial charge >= 0.3 is 12.4 Å². The van der Waals surface area contributed by atoms with Crippen LogP contribution < -0.4 is 5.73 Å². The van der Waals surface area contributed by atoms with Gasteiger partial charge in [-0.25, -0.2) is 0 Å². The summed E-state index contributed by atoms with van der Waals surface area (Å²) < 4.78 is 83.5. The standard InChI is InChI=1S/C26H25F6N3O3/c27-25(28,29)17-5-1-15(2-6-17)13-35(19-9-11-20(36)12-10-19)14-21-22(24(33)37)34-38-23(21)16-3-7-18(8-4-16)26(30,31)32/h1-8,19-20,36H,9-14H2,(H2,33,37). The third kappa shape index (κ3) is 6.36. The van der Waals surface area contributed by atoms with Gasteiger partial charge in [0.15, 0.2) is 11.5 Å². The van der Waals surface area contributed by atoms with Crippen LogP contribution in [0.2, 0.25) is 0 Å². The van der Waals surface area contributed by atoms with Crippen molar-refractivity contribution in [3.8, 4) is 11.3 Å². The van der Waals surface area contributed by atoms with E-state index in [0.29, 0.717) is 31.2 Å². The molecular weight excluding hydrogens is 516 g/mol. The van der Waals surface area contributed by atoms with Gasteiger partial charge in [0.1, 0.15) is 0 Å². The number of rotatable bonds is 7. The van der Waals surface area contributed by atoms with Crippen molar-refractivity contribution in [2.45, 2.75) is 63.3 Å². The predicted octanol–water partition coefficient (Wildman–Crippen LogP) is 5.78. The Morgan fingerprint density at radius 2 is 1.42 bits per heavy atom. The Kier molecular flexibility index (Phi) is 7.84. The third-order valence-electron chi connectivity index (χ3n) is 6.71. The first-order valence-electron chi connectivity index (χ1n) is 11.9. The number of benzene rings is 2.